The van der Waals surface area contributed by atoms with Crippen LogP contribution in [0.5, 0.6) is 0 Å². The molecule has 0 unspecified atom stereocenters. The Morgan fingerprint density at radius 1 is 1.36 bits per heavy atom. The van der Waals surface area contributed by atoms with E-state index in [1.54, 1.807) is 0 Å². The highest BCUT2D eigenvalue weighted by Crippen LogP contribution is 2.14. The van der Waals surface area contributed by atoms with Gasteiger partial charge in [0.05, 0.1) is 0 Å². The number of aliphatic hydroxyl groups is 1. The second-order valence-electron chi connectivity index (χ2n) is 3.46. The first-order valence-corrected chi connectivity index (χ1v) is 4.69. The fourth-order valence-corrected chi connectivity index (χ4v) is 1.75. The summed E-state index contributed by atoms with van der Waals surface area (Å²) in [6.45, 7) is 5.15. The van der Waals surface area contributed by atoms with Gasteiger partial charge in [-0.25, -0.2) is 0 Å². The highest BCUT2D eigenvalue weighted by Gasteiger charge is 2.16. The Labute approximate surface area is 69.2 Å². The number of likely N-dealkylation sites (tertiary alicyclic amines) is 1. The second-order valence-corrected chi connectivity index (χ2v) is 3.46. The fraction of sp³-hybridized carbons (Fsp3) is 1.00. The van der Waals surface area contributed by atoms with E-state index in [4.69, 9.17) is 5.11 Å². The van der Waals surface area contributed by atoms with Crippen LogP contribution in [-0.4, -0.2) is 35.7 Å². The molecule has 0 radical (unpaired) electrons. The number of aliphatic hydroxyl groups excluding tert-OH is 1. The summed E-state index contributed by atoms with van der Waals surface area (Å²) in [6.07, 6.45) is 4.83. The highest BCUT2D eigenvalue weighted by atomic mass is 16.2. The SMILES string of the molecule is C[C@@H](CCCO)N1CCCC1. The first kappa shape index (κ1) is 9.01. The van der Waals surface area contributed by atoms with Gasteiger partial charge in [-0.05, 0) is 45.7 Å². The summed E-state index contributed by atoms with van der Waals surface area (Å²) < 4.78 is 0. The monoisotopic (exact) mass is 157 g/mol. The third-order valence-electron chi connectivity index (χ3n) is 2.54. The maximum absolute atomic E-state index is 8.64. The Balaban J connectivity index is 2.12. The normalized spacial score (nSPS) is 22.4. The molecule has 2 heteroatoms. The van der Waals surface area contributed by atoms with Crippen molar-refractivity contribution in [2.75, 3.05) is 19.7 Å². The molecule has 0 amide bonds. The molecule has 0 spiro atoms. The van der Waals surface area contributed by atoms with E-state index in [0.717, 1.165) is 12.8 Å². The number of nitrogens with zero attached hydrogens (tertiary/aromatic N) is 1. The molecule has 0 aliphatic carbocycles. The van der Waals surface area contributed by atoms with Gasteiger partial charge >= 0.3 is 0 Å². The van der Waals surface area contributed by atoms with Crippen LogP contribution in [0.15, 0.2) is 0 Å². The van der Waals surface area contributed by atoms with Crippen molar-refractivity contribution in [2.24, 2.45) is 0 Å². The third-order valence-corrected chi connectivity index (χ3v) is 2.54. The molecular formula is C9H19NO. The fourth-order valence-electron chi connectivity index (χ4n) is 1.75. The van der Waals surface area contributed by atoms with Crippen LogP contribution in [0, 0.1) is 0 Å². The maximum atomic E-state index is 8.64. The maximum Gasteiger partial charge on any atom is 0.0431 e. The van der Waals surface area contributed by atoms with Crippen molar-refractivity contribution < 1.29 is 5.11 Å². The number of hydrogen-bond donors (Lipinski definition) is 1. The molecule has 0 aromatic carbocycles. The number of hydrogen-bond acceptors (Lipinski definition) is 2. The lowest BCUT2D eigenvalue weighted by molar-refractivity contribution is 0.217. The summed E-state index contributed by atoms with van der Waals surface area (Å²) in [6, 6.07) is 0.685. The molecule has 1 atom stereocenters. The van der Waals surface area contributed by atoms with Gasteiger partial charge in [-0.3, -0.25) is 0 Å². The summed E-state index contributed by atoms with van der Waals surface area (Å²) >= 11 is 0. The van der Waals surface area contributed by atoms with Crippen LogP contribution in [0.4, 0.5) is 0 Å². The standard InChI is InChI=1S/C9H19NO/c1-9(5-4-8-11)10-6-2-3-7-10/h9,11H,2-8H2,1H3/t9-/m0/s1. The van der Waals surface area contributed by atoms with E-state index in [0.29, 0.717) is 12.6 Å². The summed E-state index contributed by atoms with van der Waals surface area (Å²) in [5.41, 5.74) is 0. The van der Waals surface area contributed by atoms with Gasteiger partial charge in [0.1, 0.15) is 0 Å². The van der Waals surface area contributed by atoms with Gasteiger partial charge in [0.15, 0.2) is 0 Å². The minimum Gasteiger partial charge on any atom is -0.396 e. The van der Waals surface area contributed by atoms with Crippen molar-refractivity contribution in [1.29, 1.82) is 0 Å². The van der Waals surface area contributed by atoms with Crippen molar-refractivity contribution in [3.05, 3.63) is 0 Å². The van der Waals surface area contributed by atoms with Crippen LogP contribution in [0.25, 0.3) is 0 Å². The van der Waals surface area contributed by atoms with Crippen molar-refractivity contribution in [1.82, 2.24) is 4.90 Å². The molecule has 0 bridgehead atoms. The smallest absolute Gasteiger partial charge is 0.0431 e. The van der Waals surface area contributed by atoms with Gasteiger partial charge in [0.2, 0.25) is 0 Å². The van der Waals surface area contributed by atoms with E-state index >= 15 is 0 Å². The van der Waals surface area contributed by atoms with Gasteiger partial charge in [-0.1, -0.05) is 0 Å². The summed E-state index contributed by atoms with van der Waals surface area (Å²) in [4.78, 5) is 2.52. The molecule has 0 aromatic rings. The Hall–Kier alpha value is -0.0800. The average molecular weight is 157 g/mol. The van der Waals surface area contributed by atoms with Gasteiger partial charge in [0, 0.05) is 12.6 Å². The molecule has 1 aliphatic heterocycles. The zero-order chi connectivity index (χ0) is 8.10. The summed E-state index contributed by atoms with van der Waals surface area (Å²) in [5, 5.41) is 8.64. The lowest BCUT2D eigenvalue weighted by Gasteiger charge is -2.23. The largest absolute Gasteiger partial charge is 0.396 e. The molecule has 0 saturated carbocycles. The predicted molar refractivity (Wildman–Crippen MR) is 46.6 cm³/mol. The minimum atomic E-state index is 0.345. The van der Waals surface area contributed by atoms with E-state index < -0.39 is 0 Å². The van der Waals surface area contributed by atoms with Crippen LogP contribution in [0.1, 0.15) is 32.6 Å². The van der Waals surface area contributed by atoms with Crippen LogP contribution < -0.4 is 0 Å². The Morgan fingerprint density at radius 2 is 2.00 bits per heavy atom. The highest BCUT2D eigenvalue weighted by molar-refractivity contribution is 4.72. The lowest BCUT2D eigenvalue weighted by atomic mass is 10.2. The molecule has 1 N–H and O–H groups in total. The zero-order valence-corrected chi connectivity index (χ0v) is 7.42. The van der Waals surface area contributed by atoms with Crippen LogP contribution in [-0.2, 0) is 0 Å². The molecule has 1 aliphatic rings. The molecule has 1 saturated heterocycles. The van der Waals surface area contributed by atoms with E-state index in [9.17, 15) is 0 Å². The first-order valence-electron chi connectivity index (χ1n) is 4.69. The summed E-state index contributed by atoms with van der Waals surface area (Å²) in [5.74, 6) is 0. The Bertz CT molecular complexity index is 99.7. The van der Waals surface area contributed by atoms with Crippen LogP contribution in [0.3, 0.4) is 0 Å². The topological polar surface area (TPSA) is 23.5 Å². The van der Waals surface area contributed by atoms with Crippen molar-refractivity contribution >= 4 is 0 Å². The third kappa shape index (κ3) is 2.80. The van der Waals surface area contributed by atoms with Crippen LogP contribution in [0.2, 0.25) is 0 Å². The van der Waals surface area contributed by atoms with Crippen molar-refractivity contribution in [3.8, 4) is 0 Å². The van der Waals surface area contributed by atoms with E-state index in [2.05, 4.69) is 11.8 Å². The number of rotatable bonds is 4. The first-order chi connectivity index (χ1) is 5.34. The molecule has 0 aromatic heterocycles. The van der Waals surface area contributed by atoms with Gasteiger partial charge in [0.25, 0.3) is 0 Å². The molecule has 1 rings (SSSR count). The van der Waals surface area contributed by atoms with Crippen molar-refractivity contribution in [2.45, 2.75) is 38.6 Å². The minimum absolute atomic E-state index is 0.345. The van der Waals surface area contributed by atoms with Gasteiger partial charge < -0.3 is 10.0 Å². The quantitative estimate of drug-likeness (QED) is 0.663. The Morgan fingerprint density at radius 3 is 2.55 bits per heavy atom. The van der Waals surface area contributed by atoms with E-state index in [1.165, 1.54) is 25.9 Å². The molecule has 11 heavy (non-hydrogen) atoms. The second kappa shape index (κ2) is 4.73. The molecule has 1 heterocycles. The Kier molecular flexibility index (Phi) is 3.87. The zero-order valence-electron chi connectivity index (χ0n) is 7.42. The van der Waals surface area contributed by atoms with Gasteiger partial charge in [-0.2, -0.15) is 0 Å². The van der Waals surface area contributed by atoms with Gasteiger partial charge in [-0.15, -0.1) is 0 Å². The molecule has 2 nitrogen and oxygen atoms in total. The molecular weight excluding hydrogens is 138 g/mol. The molecule has 66 valence electrons. The predicted octanol–water partition coefficient (Wildman–Crippen LogP) is 1.24. The van der Waals surface area contributed by atoms with E-state index in [-0.39, 0.29) is 0 Å². The lowest BCUT2D eigenvalue weighted by Crippen LogP contribution is -2.30. The van der Waals surface area contributed by atoms with E-state index in [1.807, 2.05) is 0 Å². The summed E-state index contributed by atoms with van der Waals surface area (Å²) in [7, 11) is 0. The molecule has 1 fully saturated rings. The average Bonchev–Trinajstić information content (AvgIpc) is 2.52. The van der Waals surface area contributed by atoms with Crippen molar-refractivity contribution in [3.63, 3.8) is 0 Å². The van der Waals surface area contributed by atoms with Crippen LogP contribution >= 0.6 is 0 Å².